The molecule has 0 aliphatic rings. The van der Waals surface area contributed by atoms with Crippen LogP contribution in [0, 0.1) is 6.92 Å². The van der Waals surface area contributed by atoms with Gasteiger partial charge in [0.25, 0.3) is 0 Å². The molecule has 0 bridgehead atoms. The summed E-state index contributed by atoms with van der Waals surface area (Å²) < 4.78 is 32.9. The van der Waals surface area contributed by atoms with E-state index in [9.17, 15) is 13.2 Å². The van der Waals surface area contributed by atoms with E-state index in [4.69, 9.17) is 14.6 Å². The number of hydrogen-bond acceptors (Lipinski definition) is 6. The third-order valence-electron chi connectivity index (χ3n) is 2.47. The molecule has 0 aromatic carbocycles. The molecule has 0 saturated heterocycles. The van der Waals surface area contributed by atoms with Gasteiger partial charge >= 0.3 is 5.97 Å². The van der Waals surface area contributed by atoms with Gasteiger partial charge in [-0.1, -0.05) is 13.3 Å². The van der Waals surface area contributed by atoms with Gasteiger partial charge in [-0.3, -0.25) is 5.10 Å². The molecule has 1 aromatic rings. The molecule has 8 nitrogen and oxygen atoms in total. The van der Waals surface area contributed by atoms with Crippen LogP contribution in [0.5, 0.6) is 0 Å². The number of primary sulfonamides is 1. The average molecular weight is 305 g/mol. The van der Waals surface area contributed by atoms with Gasteiger partial charge in [0, 0.05) is 6.61 Å². The highest BCUT2D eigenvalue weighted by molar-refractivity contribution is 7.89. The Labute approximate surface area is 117 Å². The van der Waals surface area contributed by atoms with Crippen LogP contribution in [0.3, 0.4) is 0 Å². The Kier molecular flexibility index (Phi) is 6.11. The Morgan fingerprint density at radius 1 is 1.35 bits per heavy atom. The molecule has 0 aliphatic carbocycles. The van der Waals surface area contributed by atoms with Crippen LogP contribution < -0.4 is 5.14 Å². The van der Waals surface area contributed by atoms with Crippen molar-refractivity contribution >= 4 is 16.0 Å². The first kappa shape index (κ1) is 16.6. The van der Waals surface area contributed by atoms with Crippen LogP contribution in [0.4, 0.5) is 0 Å². The first-order valence-electron chi connectivity index (χ1n) is 6.20. The van der Waals surface area contributed by atoms with Crippen LogP contribution >= 0.6 is 0 Å². The second kappa shape index (κ2) is 7.36. The van der Waals surface area contributed by atoms with E-state index >= 15 is 0 Å². The van der Waals surface area contributed by atoms with Crippen LogP contribution in [0.25, 0.3) is 0 Å². The fourth-order valence-electron chi connectivity index (χ4n) is 1.52. The number of carbonyl (C=O) groups excluding carboxylic acids is 1. The molecule has 1 aromatic heterocycles. The van der Waals surface area contributed by atoms with E-state index in [0.717, 1.165) is 12.8 Å². The smallest absolute Gasteiger partial charge is 0.360 e. The number of H-pyrrole nitrogens is 1. The quantitative estimate of drug-likeness (QED) is 0.527. The molecule has 0 amide bonds. The van der Waals surface area contributed by atoms with Gasteiger partial charge in [0.1, 0.15) is 11.5 Å². The number of unbranched alkanes of at least 4 members (excludes halogenated alkanes) is 1. The molecule has 0 radical (unpaired) electrons. The lowest BCUT2D eigenvalue weighted by Crippen LogP contribution is -2.19. The number of carbonyl (C=O) groups is 1. The predicted molar refractivity (Wildman–Crippen MR) is 70.7 cm³/mol. The summed E-state index contributed by atoms with van der Waals surface area (Å²) in [5.41, 5.74) is -0.141. The molecule has 3 N–H and O–H groups in total. The van der Waals surface area contributed by atoms with Gasteiger partial charge in [-0.05, 0) is 13.3 Å². The summed E-state index contributed by atoms with van der Waals surface area (Å²) in [7, 11) is -4.03. The van der Waals surface area contributed by atoms with E-state index in [1.807, 2.05) is 6.92 Å². The monoisotopic (exact) mass is 305 g/mol. The van der Waals surface area contributed by atoms with E-state index in [0.29, 0.717) is 6.61 Å². The maximum Gasteiger partial charge on any atom is 0.360 e. The highest BCUT2D eigenvalue weighted by Crippen LogP contribution is 2.16. The molecule has 0 unspecified atom stereocenters. The summed E-state index contributed by atoms with van der Waals surface area (Å²) >= 11 is 0. The molecular formula is C11H19N3O5S. The van der Waals surface area contributed by atoms with Crippen LogP contribution in [0.1, 0.15) is 35.9 Å². The Balaban J connectivity index is 2.57. The number of aromatic nitrogens is 2. The van der Waals surface area contributed by atoms with Crippen molar-refractivity contribution in [2.75, 3.05) is 19.8 Å². The van der Waals surface area contributed by atoms with E-state index in [-0.39, 0.29) is 29.5 Å². The molecule has 0 saturated carbocycles. The van der Waals surface area contributed by atoms with Crippen LogP contribution in [-0.2, 0) is 19.5 Å². The Hall–Kier alpha value is -1.45. The van der Waals surface area contributed by atoms with Crippen LogP contribution in [-0.4, -0.2) is 44.4 Å². The van der Waals surface area contributed by atoms with Crippen molar-refractivity contribution in [3.8, 4) is 0 Å². The molecule has 0 aliphatic heterocycles. The molecular weight excluding hydrogens is 286 g/mol. The zero-order valence-electron chi connectivity index (χ0n) is 11.5. The number of aryl methyl sites for hydroxylation is 1. The second-order valence-corrected chi connectivity index (χ2v) is 5.67. The lowest BCUT2D eigenvalue weighted by Gasteiger charge is -2.05. The number of ether oxygens (including phenoxy) is 2. The maximum atomic E-state index is 11.7. The fraction of sp³-hybridized carbons (Fsp3) is 0.636. The fourth-order valence-corrected chi connectivity index (χ4v) is 2.39. The summed E-state index contributed by atoms with van der Waals surface area (Å²) in [5.74, 6) is -0.850. The van der Waals surface area contributed by atoms with E-state index < -0.39 is 16.0 Å². The molecule has 1 heterocycles. The normalized spacial score (nSPS) is 11.6. The zero-order valence-corrected chi connectivity index (χ0v) is 12.3. The summed E-state index contributed by atoms with van der Waals surface area (Å²) in [6.45, 7) is 4.37. The van der Waals surface area contributed by atoms with Gasteiger partial charge in [0.2, 0.25) is 10.0 Å². The van der Waals surface area contributed by atoms with Gasteiger partial charge in [-0.15, -0.1) is 0 Å². The third-order valence-corrected chi connectivity index (χ3v) is 3.54. The number of nitrogens with one attached hydrogen (secondary N) is 1. The van der Waals surface area contributed by atoms with Crippen molar-refractivity contribution in [2.24, 2.45) is 5.14 Å². The minimum Gasteiger partial charge on any atom is -0.458 e. The number of sulfonamides is 1. The highest BCUT2D eigenvalue weighted by Gasteiger charge is 2.26. The average Bonchev–Trinajstić information content (AvgIpc) is 2.75. The molecule has 20 heavy (non-hydrogen) atoms. The van der Waals surface area contributed by atoms with Crippen molar-refractivity contribution in [3.63, 3.8) is 0 Å². The highest BCUT2D eigenvalue weighted by atomic mass is 32.2. The van der Waals surface area contributed by atoms with Crippen molar-refractivity contribution in [2.45, 2.75) is 31.6 Å². The predicted octanol–water partition coefficient (Wildman–Crippen LogP) is 0.339. The lowest BCUT2D eigenvalue weighted by molar-refractivity contribution is 0.0304. The minimum absolute atomic E-state index is 0.0263. The second-order valence-electron chi connectivity index (χ2n) is 4.17. The largest absolute Gasteiger partial charge is 0.458 e. The topological polar surface area (TPSA) is 124 Å². The zero-order chi connectivity index (χ0) is 15.2. The van der Waals surface area contributed by atoms with Gasteiger partial charge < -0.3 is 9.47 Å². The number of nitrogens with zero attached hydrogens (tertiary/aromatic N) is 1. The van der Waals surface area contributed by atoms with Gasteiger partial charge in [-0.25, -0.2) is 18.4 Å². The number of nitrogens with two attached hydrogens (primary N) is 1. The number of esters is 1. The summed E-state index contributed by atoms with van der Waals surface area (Å²) in [5, 5.41) is 11.0. The van der Waals surface area contributed by atoms with Crippen molar-refractivity contribution in [1.82, 2.24) is 10.2 Å². The molecule has 9 heteroatoms. The van der Waals surface area contributed by atoms with Crippen molar-refractivity contribution in [1.29, 1.82) is 0 Å². The SMILES string of the molecule is CCCCOCCOC(=O)c1n[nH]c(C)c1S(N)(=O)=O. The Morgan fingerprint density at radius 2 is 2.05 bits per heavy atom. The summed E-state index contributed by atoms with van der Waals surface area (Å²) in [6.07, 6.45) is 1.95. The summed E-state index contributed by atoms with van der Waals surface area (Å²) in [6, 6.07) is 0. The molecule has 0 atom stereocenters. The van der Waals surface area contributed by atoms with Gasteiger partial charge in [0.15, 0.2) is 5.69 Å². The van der Waals surface area contributed by atoms with Crippen LogP contribution in [0.2, 0.25) is 0 Å². The third kappa shape index (κ3) is 4.58. The molecule has 114 valence electrons. The lowest BCUT2D eigenvalue weighted by atomic mass is 10.4. The van der Waals surface area contributed by atoms with E-state index in [1.54, 1.807) is 0 Å². The first-order chi connectivity index (χ1) is 9.38. The number of rotatable bonds is 8. The standard InChI is InChI=1S/C11H19N3O5S/c1-3-4-5-18-6-7-19-11(15)9-10(20(12,16)17)8(2)13-14-9/h3-7H2,1-2H3,(H,13,14)(H2,12,16,17). The maximum absolute atomic E-state index is 11.7. The van der Waals surface area contributed by atoms with Crippen LogP contribution in [0.15, 0.2) is 4.90 Å². The van der Waals surface area contributed by atoms with Gasteiger partial charge in [0.05, 0.1) is 12.3 Å². The number of aromatic amines is 1. The van der Waals surface area contributed by atoms with E-state index in [2.05, 4.69) is 10.2 Å². The first-order valence-corrected chi connectivity index (χ1v) is 7.75. The van der Waals surface area contributed by atoms with E-state index in [1.165, 1.54) is 6.92 Å². The van der Waals surface area contributed by atoms with Crippen molar-refractivity contribution < 1.29 is 22.7 Å². The Bertz CT molecular complexity index is 552. The molecule has 0 fully saturated rings. The van der Waals surface area contributed by atoms with Gasteiger partial charge in [-0.2, -0.15) is 5.10 Å². The molecule has 1 rings (SSSR count). The Morgan fingerprint density at radius 3 is 2.65 bits per heavy atom. The summed E-state index contributed by atoms with van der Waals surface area (Å²) in [4.78, 5) is 11.4. The van der Waals surface area contributed by atoms with Crippen molar-refractivity contribution in [3.05, 3.63) is 11.4 Å². The molecule has 0 spiro atoms. The minimum atomic E-state index is -4.03. The number of hydrogen-bond donors (Lipinski definition) is 2.